The first-order valence-electron chi connectivity index (χ1n) is 12.7. The number of amides is 2. The van der Waals surface area contributed by atoms with E-state index in [4.69, 9.17) is 4.74 Å². The average molecular weight is 487 g/mol. The number of para-hydroxylation sites is 1. The normalized spacial score (nSPS) is 14.6. The quantitative estimate of drug-likeness (QED) is 0.537. The average Bonchev–Trinajstić information content (AvgIpc) is 2.92. The van der Waals surface area contributed by atoms with Gasteiger partial charge in [-0.1, -0.05) is 43.5 Å². The third-order valence-electron chi connectivity index (χ3n) is 6.25. The fourth-order valence-electron chi connectivity index (χ4n) is 4.30. The molecule has 188 valence electrons. The number of nitrogens with one attached hydrogen (secondary N) is 2. The van der Waals surface area contributed by atoms with Crippen LogP contribution < -0.4 is 20.3 Å². The first kappa shape index (κ1) is 25.4. The number of carbonyl (C=O) groups is 2. The lowest BCUT2D eigenvalue weighted by atomic mass is 10.0. The molecule has 2 aromatic carbocycles. The summed E-state index contributed by atoms with van der Waals surface area (Å²) in [6.07, 6.45) is 7.16. The Bertz CT molecular complexity index is 1120. The number of ether oxygens (including phenoxy) is 1. The molecule has 0 atom stereocenters. The summed E-state index contributed by atoms with van der Waals surface area (Å²) in [6, 6.07) is 20.6. The largest absolute Gasteiger partial charge is 0.484 e. The van der Waals surface area contributed by atoms with Crippen molar-refractivity contribution in [3.05, 3.63) is 89.7 Å². The van der Waals surface area contributed by atoms with Gasteiger partial charge in [0.25, 0.3) is 11.8 Å². The van der Waals surface area contributed by atoms with Crippen molar-refractivity contribution in [2.24, 2.45) is 0 Å². The molecule has 36 heavy (non-hydrogen) atoms. The zero-order valence-corrected chi connectivity index (χ0v) is 20.6. The predicted octanol–water partition coefficient (Wildman–Crippen LogP) is 4.48. The maximum atomic E-state index is 13.3. The van der Waals surface area contributed by atoms with Crippen LogP contribution in [0.15, 0.2) is 72.9 Å². The van der Waals surface area contributed by atoms with Crippen LogP contribution in [0.1, 0.15) is 53.7 Å². The molecule has 2 amide bonds. The second kappa shape index (κ2) is 13.4. The molecule has 4 rings (SSSR count). The van der Waals surface area contributed by atoms with Gasteiger partial charge in [-0.15, -0.1) is 0 Å². The van der Waals surface area contributed by atoms with Gasteiger partial charge < -0.3 is 20.3 Å². The number of rotatable bonds is 6. The minimum Gasteiger partial charge on any atom is -0.484 e. The van der Waals surface area contributed by atoms with Crippen molar-refractivity contribution < 1.29 is 14.3 Å². The molecule has 0 aliphatic carbocycles. The highest BCUT2D eigenvalue weighted by Crippen LogP contribution is 2.25. The molecule has 0 bridgehead atoms. The van der Waals surface area contributed by atoms with Gasteiger partial charge in [-0.3, -0.25) is 14.6 Å². The van der Waals surface area contributed by atoms with E-state index >= 15 is 0 Å². The minimum absolute atomic E-state index is 0.0385. The van der Waals surface area contributed by atoms with E-state index in [2.05, 4.69) is 15.6 Å². The molecule has 1 aromatic heterocycles. The van der Waals surface area contributed by atoms with E-state index in [9.17, 15) is 9.59 Å². The molecule has 2 heterocycles. The standard InChI is InChI=1S/C29H34N4O3/c34-28(22-36-26-12-5-4-6-13-26)33-18-10-3-1-2-8-16-30-20-24-19-23(14-15-27(24)33)29(35)32-21-25-11-7-9-17-31-25/h4-7,9,11-15,17,19,30H,1-3,8,10,16,18,20-22H2,(H,32,35). The van der Waals surface area contributed by atoms with E-state index in [-0.39, 0.29) is 18.4 Å². The Labute approximate surface area is 212 Å². The number of carbonyl (C=O) groups excluding carboxylic acids is 2. The fraction of sp³-hybridized carbons (Fsp3) is 0.345. The Morgan fingerprint density at radius 2 is 1.75 bits per heavy atom. The molecule has 7 heteroatoms. The van der Waals surface area contributed by atoms with Gasteiger partial charge in [-0.05, 0) is 67.4 Å². The third kappa shape index (κ3) is 7.39. The van der Waals surface area contributed by atoms with Crippen molar-refractivity contribution in [1.82, 2.24) is 15.6 Å². The van der Waals surface area contributed by atoms with Crippen molar-refractivity contribution in [3.63, 3.8) is 0 Å². The summed E-state index contributed by atoms with van der Waals surface area (Å²) in [7, 11) is 0. The Morgan fingerprint density at radius 3 is 2.58 bits per heavy atom. The molecule has 0 radical (unpaired) electrons. The van der Waals surface area contributed by atoms with Crippen LogP contribution in [0.3, 0.4) is 0 Å². The Morgan fingerprint density at radius 1 is 0.944 bits per heavy atom. The predicted molar refractivity (Wildman–Crippen MR) is 141 cm³/mol. The number of nitrogens with zero attached hydrogens (tertiary/aromatic N) is 2. The van der Waals surface area contributed by atoms with Gasteiger partial charge >= 0.3 is 0 Å². The summed E-state index contributed by atoms with van der Waals surface area (Å²) >= 11 is 0. The van der Waals surface area contributed by atoms with Crippen LogP contribution >= 0.6 is 0 Å². The third-order valence-corrected chi connectivity index (χ3v) is 6.25. The molecule has 0 fully saturated rings. The Balaban J connectivity index is 1.53. The molecule has 0 saturated heterocycles. The number of fused-ring (bicyclic) bond motifs is 1. The number of hydrogen-bond acceptors (Lipinski definition) is 5. The number of aromatic nitrogens is 1. The monoisotopic (exact) mass is 486 g/mol. The molecule has 0 spiro atoms. The van der Waals surface area contributed by atoms with E-state index in [0.717, 1.165) is 49.2 Å². The molecule has 1 aliphatic rings. The van der Waals surface area contributed by atoms with Gasteiger partial charge in [0.2, 0.25) is 0 Å². The highest BCUT2D eigenvalue weighted by atomic mass is 16.5. The summed E-state index contributed by atoms with van der Waals surface area (Å²) < 4.78 is 5.77. The lowest BCUT2D eigenvalue weighted by Gasteiger charge is -2.26. The second-order valence-electron chi connectivity index (χ2n) is 8.94. The van der Waals surface area contributed by atoms with Crippen LogP contribution in [0.5, 0.6) is 5.75 Å². The van der Waals surface area contributed by atoms with Crippen LogP contribution in [0.25, 0.3) is 0 Å². The van der Waals surface area contributed by atoms with Gasteiger partial charge in [0.05, 0.1) is 12.2 Å². The highest BCUT2D eigenvalue weighted by Gasteiger charge is 2.21. The van der Waals surface area contributed by atoms with Crippen molar-refractivity contribution >= 4 is 17.5 Å². The molecule has 1 aliphatic heterocycles. The van der Waals surface area contributed by atoms with Gasteiger partial charge in [0.15, 0.2) is 6.61 Å². The van der Waals surface area contributed by atoms with E-state index in [1.807, 2.05) is 65.6 Å². The summed E-state index contributed by atoms with van der Waals surface area (Å²) in [4.78, 5) is 32.3. The minimum atomic E-state index is -0.167. The van der Waals surface area contributed by atoms with Gasteiger partial charge in [0.1, 0.15) is 5.75 Å². The summed E-state index contributed by atoms with van der Waals surface area (Å²) in [5.74, 6) is 0.409. The van der Waals surface area contributed by atoms with Crippen molar-refractivity contribution in [3.8, 4) is 5.75 Å². The molecule has 0 unspecified atom stereocenters. The first-order valence-corrected chi connectivity index (χ1v) is 12.7. The van der Waals surface area contributed by atoms with Crippen molar-refractivity contribution in [2.45, 2.75) is 45.2 Å². The molecular weight excluding hydrogens is 452 g/mol. The van der Waals surface area contributed by atoms with Gasteiger partial charge in [-0.25, -0.2) is 0 Å². The summed E-state index contributed by atoms with van der Waals surface area (Å²) in [5.41, 5.74) is 3.11. The highest BCUT2D eigenvalue weighted by molar-refractivity contribution is 5.98. The topological polar surface area (TPSA) is 83.6 Å². The maximum absolute atomic E-state index is 13.3. The Hall–Kier alpha value is -3.71. The van der Waals surface area contributed by atoms with Crippen LogP contribution in [-0.4, -0.2) is 36.5 Å². The lowest BCUT2D eigenvalue weighted by molar-refractivity contribution is -0.120. The van der Waals surface area contributed by atoms with Crippen LogP contribution in [0.4, 0.5) is 5.69 Å². The maximum Gasteiger partial charge on any atom is 0.264 e. The lowest BCUT2D eigenvalue weighted by Crippen LogP contribution is -2.37. The molecule has 3 aromatic rings. The van der Waals surface area contributed by atoms with E-state index in [0.29, 0.717) is 30.9 Å². The van der Waals surface area contributed by atoms with Crippen LogP contribution in [-0.2, 0) is 17.9 Å². The van der Waals surface area contributed by atoms with Crippen LogP contribution in [0, 0.1) is 0 Å². The first-order chi connectivity index (χ1) is 17.7. The zero-order chi connectivity index (χ0) is 25.0. The molecule has 2 N–H and O–H groups in total. The fourth-order valence-corrected chi connectivity index (χ4v) is 4.30. The van der Waals surface area contributed by atoms with Crippen molar-refractivity contribution in [2.75, 3.05) is 24.6 Å². The van der Waals surface area contributed by atoms with E-state index in [1.165, 1.54) is 6.42 Å². The summed E-state index contributed by atoms with van der Waals surface area (Å²) in [5, 5.41) is 6.43. The number of pyridine rings is 1. The van der Waals surface area contributed by atoms with Gasteiger partial charge in [0, 0.05) is 30.5 Å². The van der Waals surface area contributed by atoms with Gasteiger partial charge in [-0.2, -0.15) is 0 Å². The molecule has 0 saturated carbocycles. The van der Waals surface area contributed by atoms with E-state index < -0.39 is 0 Å². The van der Waals surface area contributed by atoms with E-state index in [1.54, 1.807) is 12.3 Å². The second-order valence-corrected chi connectivity index (χ2v) is 8.94. The number of hydrogen-bond donors (Lipinski definition) is 2. The molecule has 7 nitrogen and oxygen atoms in total. The zero-order valence-electron chi connectivity index (χ0n) is 20.6. The summed E-state index contributed by atoms with van der Waals surface area (Å²) in [6.45, 7) is 2.43. The number of anilines is 1. The number of benzene rings is 2. The smallest absolute Gasteiger partial charge is 0.264 e. The van der Waals surface area contributed by atoms with Crippen LogP contribution in [0.2, 0.25) is 0 Å². The molecular formula is C29H34N4O3. The Kier molecular flexibility index (Phi) is 9.45. The SMILES string of the molecule is O=C(NCc1ccccn1)c1ccc2c(c1)CNCCCCCCCN2C(=O)COc1ccccc1. The van der Waals surface area contributed by atoms with Crippen molar-refractivity contribution in [1.29, 1.82) is 0 Å².